The van der Waals surface area contributed by atoms with E-state index in [1.54, 1.807) is 18.2 Å². The Morgan fingerprint density at radius 2 is 1.96 bits per heavy atom. The smallest absolute Gasteiger partial charge is 0.350 e. The molecule has 0 aliphatic rings. The van der Waals surface area contributed by atoms with Crippen LogP contribution in [0.4, 0.5) is 0 Å². The van der Waals surface area contributed by atoms with E-state index in [1.807, 2.05) is 25.1 Å². The van der Waals surface area contributed by atoms with Crippen LogP contribution in [-0.4, -0.2) is 33.1 Å². The Bertz CT molecular complexity index is 1330. The molecule has 4 rings (SSSR count). The van der Waals surface area contributed by atoms with Crippen molar-refractivity contribution in [2.45, 2.75) is 6.92 Å². The summed E-state index contributed by atoms with van der Waals surface area (Å²) in [6.07, 6.45) is 1.23. The van der Waals surface area contributed by atoms with Gasteiger partial charge >= 0.3 is 11.2 Å². The summed E-state index contributed by atoms with van der Waals surface area (Å²) in [7, 11) is 1.43. The molecular weight excluding hydrogens is 348 g/mol. The van der Waals surface area contributed by atoms with E-state index in [1.165, 1.54) is 13.3 Å². The molecule has 0 saturated carbocycles. The molecule has 0 atom stereocenters. The van der Waals surface area contributed by atoms with Gasteiger partial charge in [-0.05, 0) is 31.2 Å². The average molecular weight is 364 g/mol. The number of H-pyrrole nitrogens is 2. The molecule has 0 aliphatic carbocycles. The van der Waals surface area contributed by atoms with E-state index in [9.17, 15) is 14.7 Å². The van der Waals surface area contributed by atoms with Crippen molar-refractivity contribution in [3.63, 3.8) is 0 Å². The van der Waals surface area contributed by atoms with E-state index in [2.05, 4.69) is 15.1 Å². The molecule has 0 unspecified atom stereocenters. The predicted octanol–water partition coefficient (Wildman–Crippen LogP) is 2.08. The first kappa shape index (κ1) is 16.6. The topological polar surface area (TPSA) is 112 Å². The Morgan fingerprint density at radius 3 is 2.74 bits per heavy atom. The van der Waals surface area contributed by atoms with E-state index in [4.69, 9.17) is 4.74 Å². The number of nitrogens with one attached hydrogen (secondary N) is 2. The van der Waals surface area contributed by atoms with Crippen LogP contribution in [-0.2, 0) is 0 Å². The molecule has 2 aromatic heterocycles. The largest absolute Gasteiger partial charge is 0.504 e. The molecule has 0 saturated heterocycles. The van der Waals surface area contributed by atoms with Crippen LogP contribution in [0.3, 0.4) is 0 Å². The Balaban J connectivity index is 1.89. The van der Waals surface area contributed by atoms with Crippen molar-refractivity contribution in [1.29, 1.82) is 0 Å². The van der Waals surface area contributed by atoms with Gasteiger partial charge in [-0.15, -0.1) is 4.68 Å². The summed E-state index contributed by atoms with van der Waals surface area (Å²) in [6.45, 7) is 1.93. The lowest BCUT2D eigenvalue weighted by atomic mass is 10.2. The molecule has 0 amide bonds. The van der Waals surface area contributed by atoms with Crippen LogP contribution < -0.4 is 16.0 Å². The molecule has 0 radical (unpaired) electrons. The Morgan fingerprint density at radius 1 is 1.15 bits per heavy atom. The minimum atomic E-state index is -0.673. The highest BCUT2D eigenvalue weighted by Gasteiger charge is 2.13. The molecule has 0 spiro atoms. The van der Waals surface area contributed by atoms with Crippen molar-refractivity contribution >= 4 is 28.2 Å². The van der Waals surface area contributed by atoms with Gasteiger partial charge in [0, 0.05) is 16.5 Å². The first-order valence-electron chi connectivity index (χ1n) is 8.17. The first-order chi connectivity index (χ1) is 13.0. The molecule has 4 aromatic rings. The maximum absolute atomic E-state index is 12.7. The highest BCUT2D eigenvalue weighted by atomic mass is 16.5. The number of methoxy groups -OCH3 is 1. The second kappa shape index (κ2) is 6.17. The SMILES string of the molecule is COc1cccc(/C=N/n2c(=O)[nH]c3c([nH]c4ccc(C)cc43)c2=O)c1O. The number of nitrogens with zero attached hydrogens (tertiary/aromatic N) is 2. The molecule has 0 aliphatic heterocycles. The van der Waals surface area contributed by atoms with Crippen molar-refractivity contribution in [2.75, 3.05) is 7.11 Å². The molecule has 0 fully saturated rings. The number of aromatic nitrogens is 3. The number of aromatic amines is 2. The number of rotatable bonds is 3. The standard InChI is InChI=1S/C19H16N4O4/c1-10-6-7-13-12(8-10)15-16(21-13)18(25)23(19(26)22-15)20-9-11-4-3-5-14(27-2)17(11)24/h3-9,21,24H,1-2H3,(H,22,26)/b20-9+. The number of fused-ring (bicyclic) bond motifs is 3. The molecule has 2 heterocycles. The monoisotopic (exact) mass is 364 g/mol. The van der Waals surface area contributed by atoms with Crippen LogP contribution >= 0.6 is 0 Å². The minimum Gasteiger partial charge on any atom is -0.504 e. The van der Waals surface area contributed by atoms with Gasteiger partial charge in [0.1, 0.15) is 5.52 Å². The maximum Gasteiger partial charge on any atom is 0.350 e. The third-order valence-corrected chi connectivity index (χ3v) is 4.35. The van der Waals surface area contributed by atoms with E-state index >= 15 is 0 Å². The maximum atomic E-state index is 12.7. The van der Waals surface area contributed by atoms with Gasteiger partial charge in [0.15, 0.2) is 11.5 Å². The summed E-state index contributed by atoms with van der Waals surface area (Å²) < 4.78 is 5.74. The number of aromatic hydroxyl groups is 1. The Hall–Kier alpha value is -3.81. The number of benzene rings is 2. The van der Waals surface area contributed by atoms with Crippen LogP contribution in [0, 0.1) is 6.92 Å². The highest BCUT2D eigenvalue weighted by molar-refractivity contribution is 6.04. The number of hydrogen-bond donors (Lipinski definition) is 3. The number of para-hydroxylation sites is 1. The van der Waals surface area contributed by atoms with E-state index in [-0.39, 0.29) is 17.0 Å². The van der Waals surface area contributed by atoms with Crippen molar-refractivity contribution < 1.29 is 9.84 Å². The fraction of sp³-hybridized carbons (Fsp3) is 0.105. The summed E-state index contributed by atoms with van der Waals surface area (Å²) in [5, 5.41) is 14.8. The van der Waals surface area contributed by atoms with Gasteiger partial charge in [-0.25, -0.2) is 4.79 Å². The summed E-state index contributed by atoms with van der Waals surface area (Å²) >= 11 is 0. The number of aryl methyl sites for hydroxylation is 1. The zero-order valence-electron chi connectivity index (χ0n) is 14.6. The Labute approximate surface area is 152 Å². The van der Waals surface area contributed by atoms with Gasteiger partial charge < -0.3 is 19.8 Å². The minimum absolute atomic E-state index is 0.129. The predicted molar refractivity (Wildman–Crippen MR) is 103 cm³/mol. The van der Waals surface area contributed by atoms with Crippen LogP contribution in [0.2, 0.25) is 0 Å². The van der Waals surface area contributed by atoms with Crippen molar-refractivity contribution in [3.05, 3.63) is 68.4 Å². The number of ether oxygens (including phenoxy) is 1. The highest BCUT2D eigenvalue weighted by Crippen LogP contribution is 2.28. The van der Waals surface area contributed by atoms with Gasteiger partial charge in [0.05, 0.1) is 18.8 Å². The van der Waals surface area contributed by atoms with Crippen molar-refractivity contribution in [3.8, 4) is 11.5 Å². The summed E-state index contributed by atoms with van der Waals surface area (Å²) in [5.41, 5.74) is 1.51. The second-order valence-corrected chi connectivity index (χ2v) is 6.11. The molecule has 8 heteroatoms. The van der Waals surface area contributed by atoms with Crippen LogP contribution in [0.15, 0.2) is 51.1 Å². The fourth-order valence-electron chi connectivity index (χ4n) is 2.99. The molecule has 8 nitrogen and oxygen atoms in total. The zero-order valence-corrected chi connectivity index (χ0v) is 14.6. The first-order valence-corrected chi connectivity index (χ1v) is 8.17. The average Bonchev–Trinajstić information content (AvgIpc) is 3.01. The summed E-state index contributed by atoms with van der Waals surface area (Å²) in [4.78, 5) is 30.9. The van der Waals surface area contributed by atoms with Gasteiger partial charge in [-0.1, -0.05) is 17.7 Å². The lowest BCUT2D eigenvalue weighted by molar-refractivity contribution is 0.373. The lowest BCUT2D eigenvalue weighted by Crippen LogP contribution is -2.32. The number of phenols is 1. The Kier molecular flexibility index (Phi) is 3.80. The van der Waals surface area contributed by atoms with Gasteiger partial charge in [0.2, 0.25) is 0 Å². The van der Waals surface area contributed by atoms with Crippen LogP contribution in [0.1, 0.15) is 11.1 Å². The zero-order chi connectivity index (χ0) is 19.1. The normalized spacial score (nSPS) is 11.6. The van der Waals surface area contributed by atoms with E-state index in [0.29, 0.717) is 15.8 Å². The van der Waals surface area contributed by atoms with E-state index in [0.717, 1.165) is 16.5 Å². The molecule has 0 bridgehead atoms. The number of phenolic OH excluding ortho intramolecular Hbond substituents is 1. The van der Waals surface area contributed by atoms with Crippen LogP contribution in [0.25, 0.3) is 21.9 Å². The third-order valence-electron chi connectivity index (χ3n) is 4.35. The van der Waals surface area contributed by atoms with Gasteiger partial charge in [-0.2, -0.15) is 5.10 Å². The number of hydrogen-bond acceptors (Lipinski definition) is 5. The van der Waals surface area contributed by atoms with E-state index < -0.39 is 11.2 Å². The molecule has 27 heavy (non-hydrogen) atoms. The van der Waals surface area contributed by atoms with Crippen molar-refractivity contribution in [2.24, 2.45) is 5.10 Å². The molecule has 2 aromatic carbocycles. The quantitative estimate of drug-likeness (QED) is 0.483. The molecule has 136 valence electrons. The summed E-state index contributed by atoms with van der Waals surface area (Å²) in [6, 6.07) is 10.5. The van der Waals surface area contributed by atoms with Gasteiger partial charge in [0.25, 0.3) is 0 Å². The second-order valence-electron chi connectivity index (χ2n) is 6.11. The summed E-state index contributed by atoms with van der Waals surface area (Å²) in [5.74, 6) is 0.136. The van der Waals surface area contributed by atoms with Crippen LogP contribution in [0.5, 0.6) is 11.5 Å². The fourth-order valence-corrected chi connectivity index (χ4v) is 2.99. The molecular formula is C19H16N4O4. The lowest BCUT2D eigenvalue weighted by Gasteiger charge is -2.04. The molecule has 3 N–H and O–H groups in total. The van der Waals surface area contributed by atoms with Gasteiger partial charge in [-0.3, -0.25) is 4.79 Å². The van der Waals surface area contributed by atoms with Crippen molar-refractivity contribution in [1.82, 2.24) is 14.6 Å². The third kappa shape index (κ3) is 2.67.